The maximum atomic E-state index is 11.8. The van der Waals surface area contributed by atoms with Crippen molar-refractivity contribution in [3.63, 3.8) is 0 Å². The van der Waals surface area contributed by atoms with Gasteiger partial charge >= 0.3 is 11.9 Å². The lowest BCUT2D eigenvalue weighted by molar-refractivity contribution is -0.153. The van der Waals surface area contributed by atoms with Gasteiger partial charge in [0.2, 0.25) is 0 Å². The molecule has 0 radical (unpaired) electrons. The van der Waals surface area contributed by atoms with Gasteiger partial charge in [-0.25, -0.2) is 0 Å². The van der Waals surface area contributed by atoms with Crippen molar-refractivity contribution in [2.24, 2.45) is 28.6 Å². The van der Waals surface area contributed by atoms with E-state index in [0.29, 0.717) is 6.61 Å². The maximum Gasteiger partial charge on any atom is 0.311 e. The summed E-state index contributed by atoms with van der Waals surface area (Å²) in [5.74, 6) is 1.69. The standard InChI is InChI=1S/C37H58O3Si.C5H10O2/c1-30(34-29-31(34)21-15-11-9-8-10-12-20-27-39-35(38)36(2,3)4)26-28-40-41(37(5,6)7,32-22-16-13-17-23-32)33-24-18-14-19-25-33;1-5(2,3)4(6)7/h13-14,16-19,22-25,30-31,34H,8-12,15,20-21,26-29H2,1-7H3;1-3H3,(H,6,7)/t30-,31-,34+;/m0./s1. The van der Waals surface area contributed by atoms with Gasteiger partial charge in [-0.05, 0) is 94.0 Å². The largest absolute Gasteiger partial charge is 0.481 e. The summed E-state index contributed by atoms with van der Waals surface area (Å²) in [5.41, 5.74) is -0.976. The molecule has 3 rings (SSSR count). The topological polar surface area (TPSA) is 72.8 Å². The lowest BCUT2D eigenvalue weighted by Gasteiger charge is -2.43. The van der Waals surface area contributed by atoms with E-state index in [2.05, 4.69) is 88.4 Å². The Hall–Kier alpha value is -2.44. The summed E-state index contributed by atoms with van der Waals surface area (Å²) in [6, 6.07) is 22.0. The molecule has 0 bridgehead atoms. The molecular weight excluding hydrogens is 613 g/mol. The first-order valence-corrected chi connectivity index (χ1v) is 20.5. The monoisotopic (exact) mass is 680 g/mol. The molecular formula is C42H68O5Si. The Morgan fingerprint density at radius 3 is 1.62 bits per heavy atom. The Bertz CT molecular complexity index is 1170. The van der Waals surface area contributed by atoms with Gasteiger partial charge < -0.3 is 14.3 Å². The molecule has 0 spiro atoms. The second kappa shape index (κ2) is 19.1. The van der Waals surface area contributed by atoms with Crippen molar-refractivity contribution in [2.45, 2.75) is 138 Å². The summed E-state index contributed by atoms with van der Waals surface area (Å²) < 4.78 is 12.5. The maximum absolute atomic E-state index is 11.8. The summed E-state index contributed by atoms with van der Waals surface area (Å²) in [4.78, 5) is 21.8. The van der Waals surface area contributed by atoms with Crippen LogP contribution in [-0.4, -0.2) is 38.6 Å². The van der Waals surface area contributed by atoms with Crippen molar-refractivity contribution in [1.82, 2.24) is 0 Å². The van der Waals surface area contributed by atoms with Crippen LogP contribution in [0.5, 0.6) is 0 Å². The van der Waals surface area contributed by atoms with Crippen LogP contribution < -0.4 is 10.4 Å². The SMILES string of the molecule is CC(C)(C)C(=O)O.C[C@@H](CCO[Si](c1ccccc1)(c1ccccc1)C(C)(C)C)[C@H]1C[C@@H]1CCCCCCCCCOC(=O)C(C)(C)C. The Morgan fingerprint density at radius 2 is 1.19 bits per heavy atom. The summed E-state index contributed by atoms with van der Waals surface area (Å²) in [6.07, 6.45) is 12.7. The fourth-order valence-electron chi connectivity index (χ4n) is 6.45. The summed E-state index contributed by atoms with van der Waals surface area (Å²) >= 11 is 0. The Labute approximate surface area is 294 Å². The lowest BCUT2D eigenvalue weighted by atomic mass is 9.97. The third-order valence-electron chi connectivity index (χ3n) is 9.72. The average molecular weight is 681 g/mol. The highest BCUT2D eigenvalue weighted by molar-refractivity contribution is 6.99. The van der Waals surface area contributed by atoms with Gasteiger partial charge in [-0.1, -0.05) is 133 Å². The number of benzene rings is 2. The van der Waals surface area contributed by atoms with Gasteiger partial charge in [-0.3, -0.25) is 9.59 Å². The van der Waals surface area contributed by atoms with Crippen LogP contribution in [0.15, 0.2) is 60.7 Å². The molecule has 1 fully saturated rings. The Kier molecular flexibility index (Phi) is 16.6. The number of unbranched alkanes of at least 4 members (excludes halogenated alkanes) is 6. The van der Waals surface area contributed by atoms with E-state index in [9.17, 15) is 9.59 Å². The first-order valence-electron chi connectivity index (χ1n) is 18.6. The van der Waals surface area contributed by atoms with Crippen LogP contribution in [0.3, 0.4) is 0 Å². The molecule has 1 N–H and O–H groups in total. The average Bonchev–Trinajstić information content (AvgIpc) is 3.79. The molecule has 2 aromatic carbocycles. The van der Waals surface area contributed by atoms with E-state index in [1.54, 1.807) is 20.8 Å². The number of carbonyl (C=O) groups excluding carboxylic acids is 1. The Morgan fingerprint density at radius 1 is 0.729 bits per heavy atom. The number of carbonyl (C=O) groups is 2. The highest BCUT2D eigenvalue weighted by Crippen LogP contribution is 2.48. The van der Waals surface area contributed by atoms with Gasteiger partial charge in [0.05, 0.1) is 17.4 Å². The van der Waals surface area contributed by atoms with Crippen LogP contribution in [0.1, 0.15) is 133 Å². The van der Waals surface area contributed by atoms with E-state index in [1.165, 1.54) is 55.3 Å². The van der Waals surface area contributed by atoms with Gasteiger partial charge in [0, 0.05) is 6.61 Å². The summed E-state index contributed by atoms with van der Waals surface area (Å²) in [5, 5.41) is 11.0. The highest BCUT2D eigenvalue weighted by atomic mass is 28.4. The van der Waals surface area contributed by atoms with Gasteiger partial charge in [0.1, 0.15) is 0 Å². The van der Waals surface area contributed by atoms with Crippen molar-refractivity contribution >= 4 is 30.6 Å². The van der Waals surface area contributed by atoms with E-state index in [4.69, 9.17) is 14.3 Å². The van der Waals surface area contributed by atoms with Gasteiger partial charge in [0.25, 0.3) is 8.32 Å². The molecule has 0 amide bonds. The van der Waals surface area contributed by atoms with E-state index in [1.807, 2.05) is 20.8 Å². The number of carboxylic acids is 1. The minimum absolute atomic E-state index is 0.0418. The van der Waals surface area contributed by atoms with Crippen molar-refractivity contribution in [3.8, 4) is 0 Å². The quantitative estimate of drug-likeness (QED) is 0.102. The molecule has 48 heavy (non-hydrogen) atoms. The third-order valence-corrected chi connectivity index (χ3v) is 14.8. The molecule has 0 unspecified atom stereocenters. The molecule has 0 heterocycles. The number of hydrogen-bond acceptors (Lipinski definition) is 4. The zero-order valence-electron chi connectivity index (χ0n) is 32.1. The number of rotatable bonds is 17. The molecule has 270 valence electrons. The molecule has 2 aromatic rings. The van der Waals surface area contributed by atoms with Crippen molar-refractivity contribution in [1.29, 1.82) is 0 Å². The van der Waals surface area contributed by atoms with Crippen LogP contribution in [0.4, 0.5) is 0 Å². The molecule has 1 aliphatic carbocycles. The van der Waals surface area contributed by atoms with Crippen LogP contribution in [0.25, 0.3) is 0 Å². The lowest BCUT2D eigenvalue weighted by Crippen LogP contribution is -2.66. The predicted molar refractivity (Wildman–Crippen MR) is 203 cm³/mol. The minimum atomic E-state index is -2.43. The molecule has 0 aliphatic heterocycles. The number of ether oxygens (including phenoxy) is 1. The summed E-state index contributed by atoms with van der Waals surface area (Å²) in [6.45, 7) is 21.7. The fraction of sp³-hybridized carbons (Fsp3) is 0.667. The van der Waals surface area contributed by atoms with Crippen LogP contribution in [0, 0.1) is 28.6 Å². The minimum Gasteiger partial charge on any atom is -0.481 e. The predicted octanol–water partition coefficient (Wildman–Crippen LogP) is 10.1. The first-order chi connectivity index (χ1) is 22.4. The van der Waals surface area contributed by atoms with E-state index < -0.39 is 25.1 Å². The molecule has 3 atom stereocenters. The van der Waals surface area contributed by atoms with Gasteiger partial charge in [-0.2, -0.15) is 0 Å². The van der Waals surface area contributed by atoms with E-state index in [0.717, 1.165) is 43.6 Å². The van der Waals surface area contributed by atoms with E-state index in [-0.39, 0.29) is 11.0 Å². The second-order valence-corrected chi connectivity index (χ2v) is 21.4. The normalized spacial score (nSPS) is 17.2. The zero-order chi connectivity index (χ0) is 36.0. The van der Waals surface area contributed by atoms with Crippen LogP contribution in [-0.2, 0) is 18.8 Å². The Balaban J connectivity index is 0.00000103. The zero-order valence-corrected chi connectivity index (χ0v) is 33.1. The fourth-order valence-corrected chi connectivity index (χ4v) is 11.0. The van der Waals surface area contributed by atoms with Crippen molar-refractivity contribution < 1.29 is 23.9 Å². The number of hydrogen-bond donors (Lipinski definition) is 1. The molecule has 0 aromatic heterocycles. The van der Waals surface area contributed by atoms with Crippen molar-refractivity contribution in [3.05, 3.63) is 60.7 Å². The van der Waals surface area contributed by atoms with Crippen LogP contribution in [0.2, 0.25) is 5.04 Å². The summed E-state index contributed by atoms with van der Waals surface area (Å²) in [7, 11) is -2.43. The highest BCUT2D eigenvalue weighted by Gasteiger charge is 2.50. The smallest absolute Gasteiger partial charge is 0.311 e. The molecule has 0 saturated heterocycles. The number of esters is 1. The van der Waals surface area contributed by atoms with Gasteiger partial charge in [-0.15, -0.1) is 0 Å². The number of aliphatic carboxylic acids is 1. The van der Waals surface area contributed by atoms with Gasteiger partial charge in [0.15, 0.2) is 0 Å². The second-order valence-electron chi connectivity index (χ2n) is 17.1. The first kappa shape index (κ1) is 41.7. The number of carboxylic acid groups (broad SMARTS) is 1. The molecule has 6 heteroatoms. The third kappa shape index (κ3) is 13.5. The molecule has 1 saturated carbocycles. The van der Waals surface area contributed by atoms with Crippen LogP contribution >= 0.6 is 0 Å². The van der Waals surface area contributed by atoms with E-state index >= 15 is 0 Å². The van der Waals surface area contributed by atoms with Crippen molar-refractivity contribution in [2.75, 3.05) is 13.2 Å². The molecule has 5 nitrogen and oxygen atoms in total. The molecule has 1 aliphatic rings.